The fourth-order valence-electron chi connectivity index (χ4n) is 1.23. The van der Waals surface area contributed by atoms with Gasteiger partial charge in [0.15, 0.2) is 6.04 Å². The molecule has 0 saturated carbocycles. The summed E-state index contributed by atoms with van der Waals surface area (Å²) in [6.45, 7) is -0.524. The van der Waals surface area contributed by atoms with Gasteiger partial charge in [-0.25, -0.2) is 4.79 Å². The third-order valence-electron chi connectivity index (χ3n) is 2.15. The van der Waals surface area contributed by atoms with Gasteiger partial charge >= 0.3 is 5.97 Å². The van der Waals surface area contributed by atoms with Crippen molar-refractivity contribution < 1.29 is 19.4 Å². The highest BCUT2D eigenvalue weighted by Crippen LogP contribution is 2.21. The van der Waals surface area contributed by atoms with Crippen LogP contribution in [0.1, 0.15) is 10.4 Å². The van der Waals surface area contributed by atoms with Gasteiger partial charge in [0.2, 0.25) is 0 Å². The number of esters is 1. The van der Waals surface area contributed by atoms with E-state index < -0.39 is 24.5 Å². The van der Waals surface area contributed by atoms with Crippen molar-refractivity contribution in [2.45, 2.75) is 6.04 Å². The second kappa shape index (κ2) is 6.86. The molecule has 0 fully saturated rings. The highest BCUT2D eigenvalue weighted by Gasteiger charge is 2.22. The number of aliphatic hydroxyl groups excluding tert-OH is 1. The molecule has 0 heterocycles. The fraction of sp³-hybridized carbons (Fsp3) is 0.273. The smallest absolute Gasteiger partial charge is 0.330 e. The first-order valence-corrected chi connectivity index (χ1v) is 6.52. The lowest BCUT2D eigenvalue weighted by Crippen LogP contribution is -2.44. The molecule has 0 aliphatic rings. The molecule has 0 saturated heterocycles. The van der Waals surface area contributed by atoms with Crippen LogP contribution >= 0.6 is 31.9 Å². The number of hydrogen-bond donors (Lipinski definition) is 2. The third-order valence-corrected chi connectivity index (χ3v) is 3.33. The van der Waals surface area contributed by atoms with Crippen molar-refractivity contribution in [1.82, 2.24) is 5.32 Å². The van der Waals surface area contributed by atoms with Gasteiger partial charge in [0.1, 0.15) is 0 Å². The number of rotatable bonds is 4. The molecular formula is C11H11Br2NO4. The Morgan fingerprint density at radius 3 is 2.67 bits per heavy atom. The van der Waals surface area contributed by atoms with Crippen LogP contribution in [-0.2, 0) is 9.53 Å². The van der Waals surface area contributed by atoms with Gasteiger partial charge in [-0.3, -0.25) is 4.79 Å². The maximum Gasteiger partial charge on any atom is 0.330 e. The van der Waals surface area contributed by atoms with Gasteiger partial charge in [-0.05, 0) is 34.1 Å². The number of aliphatic hydroxyl groups is 1. The molecule has 1 unspecified atom stereocenters. The molecule has 1 rings (SSSR count). The van der Waals surface area contributed by atoms with Crippen LogP contribution in [-0.4, -0.2) is 36.7 Å². The summed E-state index contributed by atoms with van der Waals surface area (Å²) in [7, 11) is 1.19. The summed E-state index contributed by atoms with van der Waals surface area (Å²) in [4.78, 5) is 23.2. The summed E-state index contributed by atoms with van der Waals surface area (Å²) >= 11 is 6.49. The van der Waals surface area contributed by atoms with Crippen molar-refractivity contribution in [2.75, 3.05) is 13.7 Å². The SMILES string of the molecule is COC(=O)C(CO)NC(=O)c1cc(Br)ccc1Br. The number of carbonyl (C=O) groups is 2. The van der Waals surface area contributed by atoms with E-state index in [1.54, 1.807) is 18.2 Å². The molecule has 0 aliphatic carbocycles. The molecule has 0 bridgehead atoms. The van der Waals surface area contributed by atoms with E-state index in [9.17, 15) is 9.59 Å². The standard InChI is InChI=1S/C11H11Br2NO4/c1-18-11(17)9(5-15)14-10(16)7-4-6(12)2-3-8(7)13/h2-4,9,15H,5H2,1H3,(H,14,16). The first kappa shape index (κ1) is 15.1. The van der Waals surface area contributed by atoms with Crippen LogP contribution in [0.25, 0.3) is 0 Å². The minimum Gasteiger partial charge on any atom is -0.467 e. The van der Waals surface area contributed by atoms with Crippen LogP contribution in [0.2, 0.25) is 0 Å². The summed E-state index contributed by atoms with van der Waals surface area (Å²) in [5, 5.41) is 11.4. The van der Waals surface area contributed by atoms with E-state index in [-0.39, 0.29) is 0 Å². The van der Waals surface area contributed by atoms with E-state index in [1.807, 2.05) is 0 Å². The van der Waals surface area contributed by atoms with Crippen molar-refractivity contribution >= 4 is 43.7 Å². The minimum absolute atomic E-state index is 0.353. The Balaban J connectivity index is 2.87. The lowest BCUT2D eigenvalue weighted by Gasteiger charge is -2.14. The highest BCUT2D eigenvalue weighted by molar-refractivity contribution is 9.11. The Morgan fingerprint density at radius 1 is 1.44 bits per heavy atom. The summed E-state index contributed by atoms with van der Waals surface area (Å²) < 4.78 is 5.78. The number of methoxy groups -OCH3 is 1. The zero-order valence-corrected chi connectivity index (χ0v) is 12.6. The van der Waals surface area contributed by atoms with E-state index in [2.05, 4.69) is 41.9 Å². The van der Waals surface area contributed by atoms with Crippen molar-refractivity contribution in [1.29, 1.82) is 0 Å². The van der Waals surface area contributed by atoms with E-state index in [4.69, 9.17) is 5.11 Å². The highest BCUT2D eigenvalue weighted by atomic mass is 79.9. The van der Waals surface area contributed by atoms with Crippen LogP contribution in [0.3, 0.4) is 0 Å². The van der Waals surface area contributed by atoms with Gasteiger partial charge in [0, 0.05) is 8.95 Å². The van der Waals surface area contributed by atoms with Gasteiger partial charge in [-0.15, -0.1) is 0 Å². The zero-order valence-electron chi connectivity index (χ0n) is 9.44. The van der Waals surface area contributed by atoms with Gasteiger partial charge in [0.05, 0.1) is 19.3 Å². The first-order valence-electron chi connectivity index (χ1n) is 4.94. The molecule has 2 N–H and O–H groups in total. The van der Waals surface area contributed by atoms with Crippen molar-refractivity contribution in [2.24, 2.45) is 0 Å². The number of halogens is 2. The minimum atomic E-state index is -1.08. The largest absolute Gasteiger partial charge is 0.467 e. The van der Waals surface area contributed by atoms with Crippen molar-refractivity contribution in [3.05, 3.63) is 32.7 Å². The lowest BCUT2D eigenvalue weighted by molar-refractivity contribution is -0.143. The quantitative estimate of drug-likeness (QED) is 0.775. The molecule has 0 spiro atoms. The van der Waals surface area contributed by atoms with E-state index in [0.29, 0.717) is 10.0 Å². The number of benzene rings is 1. The van der Waals surface area contributed by atoms with Crippen LogP contribution in [0.5, 0.6) is 0 Å². The first-order chi connectivity index (χ1) is 8.49. The van der Waals surface area contributed by atoms with E-state index >= 15 is 0 Å². The number of amides is 1. The molecule has 5 nitrogen and oxygen atoms in total. The second-order valence-corrected chi connectivity index (χ2v) is 5.13. The average Bonchev–Trinajstić information content (AvgIpc) is 2.37. The third kappa shape index (κ3) is 3.79. The van der Waals surface area contributed by atoms with Crippen molar-refractivity contribution in [3.63, 3.8) is 0 Å². The predicted octanol–water partition coefficient (Wildman–Crippen LogP) is 1.48. The number of ether oxygens (including phenoxy) is 1. The molecule has 1 aromatic rings. The molecule has 18 heavy (non-hydrogen) atoms. The number of hydrogen-bond acceptors (Lipinski definition) is 4. The molecule has 1 amide bonds. The topological polar surface area (TPSA) is 75.6 Å². The summed E-state index contributed by atoms with van der Waals surface area (Å²) in [5.41, 5.74) is 0.353. The second-order valence-electron chi connectivity index (χ2n) is 3.36. The maximum absolute atomic E-state index is 11.9. The Bertz CT molecular complexity index is 464. The molecule has 1 aromatic carbocycles. The number of nitrogens with one attached hydrogen (secondary N) is 1. The monoisotopic (exact) mass is 379 g/mol. The van der Waals surface area contributed by atoms with Crippen LogP contribution in [0, 0.1) is 0 Å². The predicted molar refractivity (Wildman–Crippen MR) is 72.2 cm³/mol. The molecule has 0 aromatic heterocycles. The Labute approximate surface area is 121 Å². The molecule has 1 atom stereocenters. The molecular weight excluding hydrogens is 370 g/mol. The molecule has 0 aliphatic heterocycles. The van der Waals surface area contributed by atoms with Gasteiger partial charge in [-0.2, -0.15) is 0 Å². The zero-order chi connectivity index (χ0) is 13.7. The van der Waals surface area contributed by atoms with E-state index in [0.717, 1.165) is 4.47 Å². The van der Waals surface area contributed by atoms with Crippen molar-refractivity contribution in [3.8, 4) is 0 Å². The molecule has 98 valence electrons. The van der Waals surface area contributed by atoms with Crippen LogP contribution in [0.15, 0.2) is 27.1 Å². The Morgan fingerprint density at radius 2 is 2.11 bits per heavy atom. The lowest BCUT2D eigenvalue weighted by atomic mass is 10.2. The average molecular weight is 381 g/mol. The van der Waals surface area contributed by atoms with Gasteiger partial charge in [0.25, 0.3) is 5.91 Å². The van der Waals surface area contributed by atoms with Crippen LogP contribution in [0.4, 0.5) is 0 Å². The maximum atomic E-state index is 11.9. The normalized spacial score (nSPS) is 11.8. The molecule has 0 radical (unpaired) electrons. The summed E-state index contributed by atoms with van der Waals surface area (Å²) in [5.74, 6) is -1.18. The summed E-state index contributed by atoms with van der Waals surface area (Å²) in [6, 6.07) is 3.99. The van der Waals surface area contributed by atoms with Crippen LogP contribution < -0.4 is 5.32 Å². The van der Waals surface area contributed by atoms with Gasteiger partial charge < -0.3 is 15.2 Å². The fourth-order valence-corrected chi connectivity index (χ4v) is 2.02. The number of carbonyl (C=O) groups excluding carboxylic acids is 2. The Hall–Kier alpha value is -0.920. The van der Waals surface area contributed by atoms with E-state index in [1.165, 1.54) is 7.11 Å². The Kier molecular flexibility index (Phi) is 5.77. The van der Waals surface area contributed by atoms with Gasteiger partial charge in [-0.1, -0.05) is 15.9 Å². The summed E-state index contributed by atoms with van der Waals surface area (Å²) in [6.07, 6.45) is 0. The molecule has 7 heteroatoms.